The van der Waals surface area contributed by atoms with Gasteiger partial charge in [-0.25, -0.2) is 0 Å². The molecule has 4 heteroatoms. The first-order valence-corrected chi connectivity index (χ1v) is 1.50. The van der Waals surface area contributed by atoms with Gasteiger partial charge < -0.3 is 0 Å². The zero-order valence-electron chi connectivity index (χ0n) is 1.12. The van der Waals surface area contributed by atoms with Crippen molar-refractivity contribution >= 4 is 59.9 Å². The molecule has 0 rings (SSSR count). The molecule has 26 valence electrons. The molecule has 0 aliphatic carbocycles. The minimum atomic E-state index is 0. The molecular weight excluding hydrogens is 276 g/mol. The Morgan fingerprint density at radius 1 is 1.25 bits per heavy atom. The van der Waals surface area contributed by atoms with Gasteiger partial charge in [0.05, 0.1) is 0 Å². The summed E-state index contributed by atoms with van der Waals surface area (Å²) in [4.78, 5) is 0. The summed E-state index contributed by atoms with van der Waals surface area (Å²) < 4.78 is 8.38. The number of hydrogen-bond acceptors (Lipinski definition) is 1. The van der Waals surface area contributed by atoms with Crippen molar-refractivity contribution in [1.29, 1.82) is 0 Å². The van der Waals surface area contributed by atoms with Crippen molar-refractivity contribution < 1.29 is 3.78 Å². The third kappa shape index (κ3) is 9.25. The van der Waals surface area contributed by atoms with Gasteiger partial charge in [-0.1, -0.05) is 0 Å². The fraction of sp³-hybridized carbons (Fsp3) is 0. The van der Waals surface area contributed by atoms with Gasteiger partial charge in [-0.05, 0) is 0 Å². The van der Waals surface area contributed by atoms with Gasteiger partial charge in [-0.3, -0.25) is 0 Å². The van der Waals surface area contributed by atoms with E-state index in [9.17, 15) is 0 Å². The summed E-state index contributed by atoms with van der Waals surface area (Å²) in [7, 11) is 0. The molecule has 0 amide bonds. The van der Waals surface area contributed by atoms with Crippen molar-refractivity contribution in [1.82, 2.24) is 0 Å². The van der Waals surface area contributed by atoms with Gasteiger partial charge in [0.25, 0.3) is 0 Å². The zero-order chi connectivity index (χ0) is 2.00. The average molecular weight is 285 g/mol. The SMILES string of the molecule is [GeH4].[InH3].[O]=[GeH2]. The van der Waals surface area contributed by atoms with Gasteiger partial charge in [-0.15, -0.1) is 0 Å². The summed E-state index contributed by atoms with van der Waals surface area (Å²) in [5, 5.41) is 0. The first kappa shape index (κ1) is 17.1. The first-order valence-electron chi connectivity index (χ1n) is 0.289. The normalized spacial score (nSPS) is 1.00. The molecule has 0 saturated carbocycles. The van der Waals surface area contributed by atoms with Crippen LogP contribution in [0.3, 0.4) is 0 Å². The summed E-state index contributed by atoms with van der Waals surface area (Å²) in [6.07, 6.45) is 0. The summed E-state index contributed by atoms with van der Waals surface area (Å²) >= 11 is 0.125. The van der Waals surface area contributed by atoms with Crippen LogP contribution in [0.2, 0.25) is 0 Å². The molecule has 0 heterocycles. The van der Waals surface area contributed by atoms with E-state index < -0.39 is 0 Å². The monoisotopic (exact) mass is 288 g/mol. The van der Waals surface area contributed by atoms with Crippen LogP contribution < -0.4 is 0 Å². The van der Waals surface area contributed by atoms with Crippen LogP contribution in [0.4, 0.5) is 0 Å². The second-order valence-electron chi connectivity index (χ2n) is 0. The third-order valence-corrected chi connectivity index (χ3v) is 0. The van der Waals surface area contributed by atoms with Crippen molar-refractivity contribution in [2.45, 2.75) is 0 Å². The molecule has 0 radical (unpaired) electrons. The minimum absolute atomic E-state index is 0. The Morgan fingerprint density at radius 3 is 1.25 bits per heavy atom. The molecule has 0 fully saturated rings. The average Bonchev–Trinajstić information content (AvgIpc) is 1.00. The Bertz CT molecular complexity index is 6.00. The summed E-state index contributed by atoms with van der Waals surface area (Å²) in [6.45, 7) is 0. The summed E-state index contributed by atoms with van der Waals surface area (Å²) in [5.41, 5.74) is 0. The standard InChI is InChI=1S/GeH2O.GeH4.In.3H/c1-2;;;;;/h1H2;1H4;;;;. The molecule has 0 N–H and O–H groups in total. The topological polar surface area (TPSA) is 17.1 Å². The van der Waals surface area contributed by atoms with Crippen LogP contribution in [-0.4, -0.2) is 59.9 Å². The van der Waals surface area contributed by atoms with E-state index in [1.165, 1.54) is 0 Å². The summed E-state index contributed by atoms with van der Waals surface area (Å²) in [5.74, 6) is 0. The molecule has 0 bridgehead atoms. The van der Waals surface area contributed by atoms with E-state index in [2.05, 4.69) is 0 Å². The Balaban J connectivity index is -0.00000000500. The molecule has 0 spiro atoms. The van der Waals surface area contributed by atoms with Gasteiger partial charge in [0.1, 0.15) is 0 Å². The van der Waals surface area contributed by atoms with Crippen LogP contribution in [0.5, 0.6) is 0 Å². The van der Waals surface area contributed by atoms with E-state index in [0.717, 1.165) is 0 Å². The van der Waals surface area contributed by atoms with E-state index >= 15 is 0 Å². The van der Waals surface area contributed by atoms with Crippen LogP contribution in [-0.2, 0) is 3.78 Å². The molecule has 0 aromatic heterocycles. The molecule has 0 aromatic carbocycles. The number of rotatable bonds is 0. The Labute approximate surface area is 63.1 Å². The van der Waals surface area contributed by atoms with E-state index in [0.29, 0.717) is 0 Å². The fourth-order valence-corrected chi connectivity index (χ4v) is 0. The quantitative estimate of drug-likeness (QED) is 0.419. The Morgan fingerprint density at radius 2 is 1.25 bits per heavy atom. The molecule has 0 aliphatic heterocycles. The van der Waals surface area contributed by atoms with Crippen molar-refractivity contribution in [2.75, 3.05) is 0 Å². The van der Waals surface area contributed by atoms with Crippen LogP contribution in [0.15, 0.2) is 0 Å². The predicted octanol–water partition coefficient (Wildman–Crippen LogP) is -3.67. The van der Waals surface area contributed by atoms with Crippen LogP contribution in [0.25, 0.3) is 0 Å². The van der Waals surface area contributed by atoms with Gasteiger partial charge >= 0.3 is 63.7 Å². The van der Waals surface area contributed by atoms with Crippen molar-refractivity contribution in [2.24, 2.45) is 0 Å². The maximum absolute atomic E-state index is 8.38. The van der Waals surface area contributed by atoms with Gasteiger partial charge in [0.2, 0.25) is 0 Å². The van der Waals surface area contributed by atoms with Crippen LogP contribution in [0.1, 0.15) is 0 Å². The molecule has 0 aliphatic rings. The second-order valence-corrected chi connectivity index (χ2v) is 0. The van der Waals surface area contributed by atoms with Crippen LogP contribution in [0, 0.1) is 0 Å². The van der Waals surface area contributed by atoms with E-state index in [-0.39, 0.29) is 59.9 Å². The number of hydrogen-bond donors (Lipinski definition) is 0. The summed E-state index contributed by atoms with van der Waals surface area (Å²) in [6, 6.07) is 0. The maximum atomic E-state index is 8.38. The van der Waals surface area contributed by atoms with E-state index in [1.807, 2.05) is 0 Å². The van der Waals surface area contributed by atoms with Gasteiger partial charge in [0.15, 0.2) is 0 Å². The van der Waals surface area contributed by atoms with Crippen LogP contribution >= 0.6 is 0 Å². The van der Waals surface area contributed by atoms with Gasteiger partial charge in [0, 0.05) is 0 Å². The van der Waals surface area contributed by atoms with E-state index in [1.54, 1.807) is 0 Å². The Hall–Kier alpha value is 1.76. The first-order chi connectivity index (χ1) is 1.00. The fourth-order valence-electron chi connectivity index (χ4n) is 0. The van der Waals surface area contributed by atoms with Crippen molar-refractivity contribution in [3.05, 3.63) is 0 Å². The van der Waals surface area contributed by atoms with Gasteiger partial charge in [-0.2, -0.15) is 0 Å². The molecule has 1 nitrogen and oxygen atoms in total. The second kappa shape index (κ2) is 21.8. The molecule has 0 aromatic rings. The van der Waals surface area contributed by atoms with Crippen molar-refractivity contribution in [3.63, 3.8) is 0 Å². The molecular formula is H9Ge2InO. The van der Waals surface area contributed by atoms with E-state index in [4.69, 9.17) is 3.78 Å². The molecule has 0 unspecified atom stereocenters. The third-order valence-electron chi connectivity index (χ3n) is 0. The zero-order valence-corrected chi connectivity index (χ0v) is 4.08. The molecule has 0 atom stereocenters. The predicted molar refractivity (Wildman–Crippen MR) is 30.5 cm³/mol. The Kier molecular flexibility index (Phi) is 93.3. The molecule has 0 saturated heterocycles. The van der Waals surface area contributed by atoms with Crippen molar-refractivity contribution in [3.8, 4) is 0 Å². The molecule has 4 heavy (non-hydrogen) atoms.